The summed E-state index contributed by atoms with van der Waals surface area (Å²) in [7, 11) is 0. The second kappa shape index (κ2) is 7.45. The van der Waals surface area contributed by atoms with E-state index in [9.17, 15) is 5.11 Å². The van der Waals surface area contributed by atoms with E-state index in [-0.39, 0.29) is 11.3 Å². The van der Waals surface area contributed by atoms with Crippen molar-refractivity contribution < 1.29 is 9.52 Å². The van der Waals surface area contributed by atoms with Gasteiger partial charge in [0.2, 0.25) is 0 Å². The Balaban J connectivity index is 1.45. The predicted octanol–water partition coefficient (Wildman–Crippen LogP) is 4.73. The molecule has 0 amide bonds. The third-order valence-electron chi connectivity index (χ3n) is 5.99. The van der Waals surface area contributed by atoms with Crippen molar-refractivity contribution in [1.29, 1.82) is 0 Å². The number of pyridine rings is 2. The van der Waals surface area contributed by atoms with Gasteiger partial charge in [0.15, 0.2) is 11.5 Å². The standard InChI is InChI=1S/C25H29N5O2/c1-14-23-21(32-15(2)27-23)11-18(24(14)31)19-7-6-16-10-22(26-12-20(16)28-19)30-9-8-17(13-30)29-25(3,4)5/h6-7,10-12,17,29,31H,8-9,13H2,1-5H3/t17-/m0/s1. The smallest absolute Gasteiger partial charge is 0.192 e. The van der Waals surface area contributed by atoms with Gasteiger partial charge >= 0.3 is 0 Å². The lowest BCUT2D eigenvalue weighted by Crippen LogP contribution is -2.44. The number of oxazole rings is 1. The molecule has 32 heavy (non-hydrogen) atoms. The van der Waals surface area contributed by atoms with Crippen LogP contribution in [0.4, 0.5) is 5.82 Å². The number of phenols is 1. The summed E-state index contributed by atoms with van der Waals surface area (Å²) in [6.45, 7) is 12.2. The Morgan fingerprint density at radius 3 is 2.75 bits per heavy atom. The van der Waals surface area contributed by atoms with Crippen LogP contribution >= 0.6 is 0 Å². The number of benzene rings is 1. The van der Waals surface area contributed by atoms with Crippen molar-refractivity contribution in [1.82, 2.24) is 20.3 Å². The molecule has 166 valence electrons. The number of rotatable bonds is 3. The molecule has 1 atom stereocenters. The Kier molecular flexibility index (Phi) is 4.82. The number of hydrogen-bond acceptors (Lipinski definition) is 7. The van der Waals surface area contributed by atoms with Crippen LogP contribution in [0.1, 0.15) is 38.6 Å². The second-order valence-electron chi connectivity index (χ2n) is 9.74. The molecule has 1 aliphatic rings. The van der Waals surface area contributed by atoms with Crippen LogP contribution in [-0.4, -0.2) is 44.7 Å². The summed E-state index contributed by atoms with van der Waals surface area (Å²) in [5, 5.41) is 15.5. The first-order valence-corrected chi connectivity index (χ1v) is 11.1. The first-order valence-electron chi connectivity index (χ1n) is 11.1. The van der Waals surface area contributed by atoms with Gasteiger partial charge in [-0.2, -0.15) is 0 Å². The minimum absolute atomic E-state index is 0.106. The lowest BCUT2D eigenvalue weighted by atomic mass is 10.0. The Bertz CT molecular complexity index is 1320. The summed E-state index contributed by atoms with van der Waals surface area (Å²) in [6, 6.07) is 8.34. The van der Waals surface area contributed by atoms with E-state index in [1.807, 2.05) is 25.3 Å². The highest BCUT2D eigenvalue weighted by Crippen LogP contribution is 2.37. The van der Waals surface area contributed by atoms with Crippen molar-refractivity contribution in [2.24, 2.45) is 0 Å². The van der Waals surface area contributed by atoms with E-state index in [0.717, 1.165) is 36.2 Å². The van der Waals surface area contributed by atoms with Gasteiger partial charge in [-0.25, -0.2) is 15.0 Å². The molecule has 0 saturated carbocycles. The normalized spacial score (nSPS) is 17.0. The molecule has 0 spiro atoms. The van der Waals surface area contributed by atoms with E-state index in [1.54, 1.807) is 13.0 Å². The van der Waals surface area contributed by atoms with E-state index in [1.165, 1.54) is 0 Å². The summed E-state index contributed by atoms with van der Waals surface area (Å²) in [5.41, 5.74) is 4.23. The Morgan fingerprint density at radius 1 is 1.16 bits per heavy atom. The molecule has 0 aliphatic carbocycles. The highest BCUT2D eigenvalue weighted by molar-refractivity contribution is 5.89. The zero-order valence-electron chi connectivity index (χ0n) is 19.2. The molecule has 7 nitrogen and oxygen atoms in total. The lowest BCUT2D eigenvalue weighted by molar-refractivity contribution is 0.373. The van der Waals surface area contributed by atoms with E-state index >= 15 is 0 Å². The fourth-order valence-electron chi connectivity index (χ4n) is 4.55. The quantitative estimate of drug-likeness (QED) is 0.485. The van der Waals surface area contributed by atoms with Gasteiger partial charge in [0.25, 0.3) is 0 Å². The van der Waals surface area contributed by atoms with Crippen molar-refractivity contribution in [2.75, 3.05) is 18.0 Å². The van der Waals surface area contributed by atoms with Gasteiger partial charge in [-0.3, -0.25) is 0 Å². The number of aromatic hydroxyl groups is 1. The Morgan fingerprint density at radius 2 is 1.97 bits per heavy atom. The van der Waals surface area contributed by atoms with Crippen LogP contribution in [0.3, 0.4) is 0 Å². The van der Waals surface area contributed by atoms with Crippen LogP contribution in [-0.2, 0) is 0 Å². The molecule has 0 radical (unpaired) electrons. The number of aryl methyl sites for hydroxylation is 2. The number of hydrogen-bond donors (Lipinski definition) is 2. The SMILES string of the molecule is Cc1nc2c(C)c(O)c(-c3ccc4cc(N5CC[C@H](NC(C)(C)C)C5)ncc4n3)cc2o1. The predicted molar refractivity (Wildman–Crippen MR) is 127 cm³/mol. The van der Waals surface area contributed by atoms with Gasteiger partial charge in [-0.05, 0) is 52.3 Å². The summed E-state index contributed by atoms with van der Waals surface area (Å²) < 4.78 is 5.69. The first kappa shape index (κ1) is 20.7. The topological polar surface area (TPSA) is 87.3 Å². The van der Waals surface area contributed by atoms with E-state index in [4.69, 9.17) is 14.4 Å². The summed E-state index contributed by atoms with van der Waals surface area (Å²) in [4.78, 5) is 16.2. The number of phenolic OH excluding ortho intramolecular Hbond substituents is 1. The Hall–Kier alpha value is -3.19. The van der Waals surface area contributed by atoms with Gasteiger partial charge in [-0.15, -0.1) is 0 Å². The third kappa shape index (κ3) is 3.77. The zero-order chi connectivity index (χ0) is 22.6. The second-order valence-corrected chi connectivity index (χ2v) is 9.74. The van der Waals surface area contributed by atoms with Gasteiger partial charge in [-0.1, -0.05) is 6.07 Å². The summed E-state index contributed by atoms with van der Waals surface area (Å²) in [5.74, 6) is 1.73. The van der Waals surface area contributed by atoms with Crippen LogP contribution in [0.5, 0.6) is 5.75 Å². The van der Waals surface area contributed by atoms with Gasteiger partial charge < -0.3 is 19.7 Å². The molecule has 5 rings (SSSR count). The van der Waals surface area contributed by atoms with Gasteiger partial charge in [0, 0.05) is 48.1 Å². The average Bonchev–Trinajstić information content (AvgIpc) is 3.34. The highest BCUT2D eigenvalue weighted by Gasteiger charge is 2.26. The maximum Gasteiger partial charge on any atom is 0.192 e. The van der Waals surface area contributed by atoms with Crippen molar-refractivity contribution in [3.05, 3.63) is 41.9 Å². The van der Waals surface area contributed by atoms with E-state index in [2.05, 4.69) is 42.0 Å². The molecule has 4 heterocycles. The minimum Gasteiger partial charge on any atom is -0.507 e. The molecule has 7 heteroatoms. The summed E-state index contributed by atoms with van der Waals surface area (Å²) in [6.07, 6.45) is 2.93. The molecule has 3 aromatic heterocycles. The average molecular weight is 432 g/mol. The number of fused-ring (bicyclic) bond motifs is 2. The first-order chi connectivity index (χ1) is 15.2. The molecule has 2 N–H and O–H groups in total. The van der Waals surface area contributed by atoms with E-state index in [0.29, 0.717) is 39.9 Å². The molecule has 0 unspecified atom stereocenters. The molecular weight excluding hydrogens is 402 g/mol. The fourth-order valence-corrected chi connectivity index (χ4v) is 4.55. The molecule has 4 aromatic rings. The number of anilines is 1. The molecule has 1 saturated heterocycles. The Labute approximate surface area is 187 Å². The van der Waals surface area contributed by atoms with Gasteiger partial charge in [0.1, 0.15) is 17.1 Å². The highest BCUT2D eigenvalue weighted by atomic mass is 16.3. The molecule has 0 bridgehead atoms. The van der Waals surface area contributed by atoms with Crippen molar-refractivity contribution in [3.8, 4) is 17.0 Å². The third-order valence-corrected chi connectivity index (χ3v) is 5.99. The van der Waals surface area contributed by atoms with Crippen molar-refractivity contribution in [3.63, 3.8) is 0 Å². The maximum absolute atomic E-state index is 10.8. The summed E-state index contributed by atoms with van der Waals surface area (Å²) >= 11 is 0. The molecule has 1 aromatic carbocycles. The van der Waals surface area contributed by atoms with Crippen molar-refractivity contribution in [2.45, 2.75) is 52.6 Å². The fraction of sp³-hybridized carbons (Fsp3) is 0.400. The lowest BCUT2D eigenvalue weighted by Gasteiger charge is -2.26. The van der Waals surface area contributed by atoms with Crippen LogP contribution in [0, 0.1) is 13.8 Å². The number of aromatic nitrogens is 3. The van der Waals surface area contributed by atoms with Crippen LogP contribution in [0.15, 0.2) is 34.9 Å². The number of nitrogens with zero attached hydrogens (tertiary/aromatic N) is 4. The van der Waals surface area contributed by atoms with E-state index < -0.39 is 0 Å². The maximum atomic E-state index is 10.8. The van der Waals surface area contributed by atoms with Crippen LogP contribution < -0.4 is 10.2 Å². The monoisotopic (exact) mass is 431 g/mol. The van der Waals surface area contributed by atoms with Crippen LogP contribution in [0.2, 0.25) is 0 Å². The van der Waals surface area contributed by atoms with Gasteiger partial charge in [0.05, 0.1) is 17.4 Å². The molecular formula is C25H29N5O2. The largest absolute Gasteiger partial charge is 0.507 e. The van der Waals surface area contributed by atoms with Crippen molar-refractivity contribution >= 4 is 27.8 Å². The van der Waals surface area contributed by atoms with Crippen LogP contribution in [0.25, 0.3) is 33.3 Å². The molecule has 1 aliphatic heterocycles. The zero-order valence-corrected chi connectivity index (χ0v) is 19.2. The number of nitrogens with one attached hydrogen (secondary N) is 1. The molecule has 1 fully saturated rings. The minimum atomic E-state index is 0.106.